The van der Waals surface area contributed by atoms with Gasteiger partial charge < -0.3 is 54.5 Å². The molecule has 2 aliphatic heterocycles. The molecule has 6 heterocycles. The number of hydrogen-bond donors (Lipinski definition) is 3. The van der Waals surface area contributed by atoms with Gasteiger partial charge in [0.1, 0.15) is 65.5 Å². The van der Waals surface area contributed by atoms with Gasteiger partial charge in [0.2, 0.25) is 11.4 Å². The molecular weight excluding hydrogens is 1070 g/mol. The molecule has 2 saturated heterocycles. The second-order valence-electron chi connectivity index (χ2n) is 21.3. The highest BCUT2D eigenvalue weighted by Crippen LogP contribution is 2.52. The lowest BCUT2D eigenvalue weighted by Crippen LogP contribution is -2.55. The predicted molar refractivity (Wildman–Crippen MR) is 317 cm³/mol. The van der Waals surface area contributed by atoms with Gasteiger partial charge in [-0.25, -0.2) is 19.0 Å². The number of anilines is 2. The second-order valence-corrected chi connectivity index (χ2v) is 21.3. The summed E-state index contributed by atoms with van der Waals surface area (Å²) in [4.78, 5) is 8.21. The van der Waals surface area contributed by atoms with Crippen molar-refractivity contribution < 1.29 is 43.0 Å². The molecule has 0 amide bonds. The molecular formula is C67H67N9O9. The van der Waals surface area contributed by atoms with Gasteiger partial charge in [-0.2, -0.15) is 15.5 Å². The van der Waals surface area contributed by atoms with Crippen LogP contribution in [0.4, 0.5) is 11.6 Å². The van der Waals surface area contributed by atoms with E-state index in [9.17, 15) is 10.4 Å². The van der Waals surface area contributed by atoms with Gasteiger partial charge in [-0.05, 0) is 71.5 Å². The smallest absolute Gasteiger partial charge is 0.243 e. The molecule has 0 aliphatic carbocycles. The first-order valence-corrected chi connectivity index (χ1v) is 28.1. The lowest BCUT2D eigenvalue weighted by molar-refractivity contribution is -0.294. The van der Waals surface area contributed by atoms with Gasteiger partial charge in [0.05, 0.1) is 58.5 Å². The molecule has 434 valence electrons. The minimum absolute atomic E-state index is 0.154. The summed E-state index contributed by atoms with van der Waals surface area (Å²) in [5.74, 6) is -1.42. The Hall–Kier alpha value is -8.71. The van der Waals surface area contributed by atoms with Crippen LogP contribution in [0.2, 0.25) is 0 Å². The summed E-state index contributed by atoms with van der Waals surface area (Å²) < 4.78 is 55.4. The van der Waals surface area contributed by atoms with Crippen LogP contribution in [0.15, 0.2) is 219 Å². The Morgan fingerprint density at radius 1 is 0.471 bits per heavy atom. The van der Waals surface area contributed by atoms with E-state index in [0.717, 1.165) is 33.4 Å². The van der Waals surface area contributed by atoms with Crippen molar-refractivity contribution in [2.45, 2.75) is 100 Å². The maximum absolute atomic E-state index is 12.6. The fourth-order valence-electron chi connectivity index (χ4n) is 11.2. The number of ether oxygens (including phenoxy) is 8. The molecule has 2 fully saturated rings. The van der Waals surface area contributed by atoms with Gasteiger partial charge in [-0.15, -0.1) is 0 Å². The molecule has 0 radical (unpaired) electrons. The molecule has 0 bridgehead atoms. The second kappa shape index (κ2) is 26.1. The lowest BCUT2D eigenvalue weighted by atomic mass is 9.79. The van der Waals surface area contributed by atoms with E-state index in [4.69, 9.17) is 49.4 Å². The van der Waals surface area contributed by atoms with Crippen molar-refractivity contribution in [2.75, 3.05) is 24.7 Å². The first kappa shape index (κ1) is 58.1. The topological polar surface area (TPSA) is 230 Å². The zero-order chi connectivity index (χ0) is 58.7. The van der Waals surface area contributed by atoms with E-state index in [1.165, 1.54) is 17.2 Å². The number of aliphatic hydroxyl groups is 1. The first-order chi connectivity index (χ1) is 41.5. The zero-order valence-corrected chi connectivity index (χ0v) is 47.2. The number of hydrogen-bond acceptors (Lipinski definition) is 16. The van der Waals surface area contributed by atoms with Gasteiger partial charge in [0.25, 0.3) is 0 Å². The molecule has 85 heavy (non-hydrogen) atoms. The highest BCUT2D eigenvalue weighted by Gasteiger charge is 2.69. The number of aromatic nitrogens is 6. The van der Waals surface area contributed by atoms with Gasteiger partial charge >= 0.3 is 0 Å². The maximum atomic E-state index is 12.6. The predicted octanol–water partition coefficient (Wildman–Crippen LogP) is 9.84. The SMILES string of the molecule is C[C@@]1(OCc2ccccc2)[C@H](OCc2ccccc2)[C@@H](COCc2ccccc2)OC1(O)c1ccc2c(N)ncnn12.C[C@@]1(OCc2ccccc2)[C@H](OCc2ccccc2)[C@@H](COCc2ccccc2)O[C@@]1(C#N)c1ccc2c(N)ncnn12. The molecule has 10 aromatic rings. The molecule has 0 saturated carbocycles. The molecule has 4 aromatic heterocycles. The standard InChI is InChI=1S/C34H33N5O4.C33H34N4O5/c1-33(42-21-27-15-9-4-10-16-27)31(41-20-26-13-7-3-8-14-26)29(22-40-19-25-11-5-2-6-12-25)43-34(33,23-35)30-18-17-28-32(36)37-24-38-39(28)30;1-32(41-21-26-15-9-4-10-16-26)30(40-20-25-13-7-3-8-14-25)28(22-39-19-24-11-5-2-6-12-24)42-33(32,38)29-18-17-27-31(34)35-23-36-37(27)29/h2-18,24,29,31H,19-22H2,1H3,(H2,36,37,38);2-18,23,28,30,38H,19-22H2,1H3,(H2,34,35,36)/t29-,31-,33-,34+;28-,30-,32-,33?/m11/s1. The summed E-state index contributed by atoms with van der Waals surface area (Å²) in [5, 5.41) is 32.4. The van der Waals surface area contributed by atoms with Crippen LogP contribution in [0.3, 0.4) is 0 Å². The number of nitriles is 1. The maximum Gasteiger partial charge on any atom is 0.243 e. The monoisotopic (exact) mass is 1140 g/mol. The van der Waals surface area contributed by atoms with Gasteiger partial charge in [0, 0.05) is 0 Å². The molecule has 2 aliphatic rings. The molecule has 5 N–H and O–H groups in total. The summed E-state index contributed by atoms with van der Waals surface area (Å²) in [6.07, 6.45) is -0.0670. The van der Waals surface area contributed by atoms with E-state index in [2.05, 4.69) is 26.2 Å². The third-order valence-corrected chi connectivity index (χ3v) is 15.7. The fraction of sp³-hybridized carbons (Fsp3) is 0.269. The summed E-state index contributed by atoms with van der Waals surface area (Å²) in [6.45, 7) is 5.79. The van der Waals surface area contributed by atoms with Crippen LogP contribution >= 0.6 is 0 Å². The minimum atomic E-state index is -1.99. The number of rotatable bonds is 22. The molecule has 1 unspecified atom stereocenters. The molecule has 18 nitrogen and oxygen atoms in total. The van der Waals surface area contributed by atoms with Crippen molar-refractivity contribution in [3.63, 3.8) is 0 Å². The van der Waals surface area contributed by atoms with E-state index in [-0.39, 0.29) is 38.9 Å². The van der Waals surface area contributed by atoms with Crippen molar-refractivity contribution in [3.05, 3.63) is 264 Å². The highest BCUT2D eigenvalue weighted by molar-refractivity contribution is 5.67. The van der Waals surface area contributed by atoms with Crippen molar-refractivity contribution in [1.82, 2.24) is 29.2 Å². The van der Waals surface area contributed by atoms with E-state index in [1.54, 1.807) is 28.8 Å². The summed E-state index contributed by atoms with van der Waals surface area (Å²) in [6, 6.07) is 68.7. The molecule has 18 heteroatoms. The number of fused-ring (bicyclic) bond motifs is 2. The Labute approximate surface area is 493 Å². The normalized spacial score (nSPS) is 23.6. The van der Waals surface area contributed by atoms with Crippen molar-refractivity contribution in [2.24, 2.45) is 0 Å². The van der Waals surface area contributed by atoms with Crippen LogP contribution in [-0.2, 0) is 88.9 Å². The molecule has 12 rings (SSSR count). The van der Waals surface area contributed by atoms with E-state index in [0.29, 0.717) is 48.1 Å². The van der Waals surface area contributed by atoms with Crippen LogP contribution in [0.1, 0.15) is 58.6 Å². The lowest BCUT2D eigenvalue weighted by Gasteiger charge is -2.40. The van der Waals surface area contributed by atoms with Gasteiger partial charge in [-0.1, -0.05) is 182 Å². The average Bonchev–Trinajstić information content (AvgIpc) is 1.82. The minimum Gasteiger partial charge on any atom is -0.382 e. The Morgan fingerprint density at radius 3 is 1.25 bits per heavy atom. The third kappa shape index (κ3) is 12.2. The van der Waals surface area contributed by atoms with Crippen LogP contribution in [0.25, 0.3) is 11.0 Å². The molecule has 8 atom stereocenters. The molecule has 0 spiro atoms. The average molecular weight is 1140 g/mol. The van der Waals surface area contributed by atoms with Crippen molar-refractivity contribution in [1.29, 1.82) is 5.26 Å². The van der Waals surface area contributed by atoms with Crippen molar-refractivity contribution in [3.8, 4) is 6.07 Å². The number of nitrogen functional groups attached to an aromatic ring is 2. The number of benzene rings is 6. The molecule has 6 aromatic carbocycles. The van der Waals surface area contributed by atoms with E-state index in [1.807, 2.05) is 196 Å². The Morgan fingerprint density at radius 2 is 0.824 bits per heavy atom. The summed E-state index contributed by atoms with van der Waals surface area (Å²) >= 11 is 0. The van der Waals surface area contributed by atoms with E-state index < -0.39 is 47.0 Å². The van der Waals surface area contributed by atoms with Gasteiger partial charge in [-0.3, -0.25) is 0 Å². The number of nitrogens with two attached hydrogens (primary N) is 2. The highest BCUT2D eigenvalue weighted by atomic mass is 16.7. The largest absolute Gasteiger partial charge is 0.382 e. The number of nitrogens with zero attached hydrogens (tertiary/aromatic N) is 7. The van der Waals surface area contributed by atoms with Crippen molar-refractivity contribution >= 4 is 22.7 Å². The fourth-order valence-corrected chi connectivity index (χ4v) is 11.2. The quantitative estimate of drug-likeness (QED) is 0.0573. The third-order valence-electron chi connectivity index (χ3n) is 15.7. The Bertz CT molecular complexity index is 3790. The van der Waals surface area contributed by atoms with Crippen LogP contribution in [-0.4, -0.2) is 83.1 Å². The van der Waals surface area contributed by atoms with Crippen LogP contribution in [0.5, 0.6) is 0 Å². The Kier molecular flexibility index (Phi) is 17.8. The Balaban J connectivity index is 0.000000177. The first-order valence-electron chi connectivity index (χ1n) is 28.1. The zero-order valence-electron chi connectivity index (χ0n) is 47.2. The summed E-state index contributed by atoms with van der Waals surface area (Å²) in [5.41, 5.74) is 15.8. The van der Waals surface area contributed by atoms with E-state index >= 15 is 0 Å². The van der Waals surface area contributed by atoms with Crippen LogP contribution in [0, 0.1) is 11.3 Å². The van der Waals surface area contributed by atoms with Crippen LogP contribution < -0.4 is 11.5 Å². The summed E-state index contributed by atoms with van der Waals surface area (Å²) in [7, 11) is 0. The van der Waals surface area contributed by atoms with Gasteiger partial charge in [0.15, 0.2) is 17.2 Å².